The van der Waals surface area contributed by atoms with Crippen LogP contribution in [0.1, 0.15) is 24.1 Å². The molecular formula is C14H16N2O2S2. The highest BCUT2D eigenvalue weighted by molar-refractivity contribution is 7.90. The van der Waals surface area contributed by atoms with Crippen LogP contribution in [0.15, 0.2) is 29.6 Å². The van der Waals surface area contributed by atoms with Gasteiger partial charge in [-0.2, -0.15) is 0 Å². The first-order valence-electron chi connectivity index (χ1n) is 6.55. The summed E-state index contributed by atoms with van der Waals surface area (Å²) < 4.78 is 26.2. The second kappa shape index (κ2) is 5.27. The Labute approximate surface area is 122 Å². The van der Waals surface area contributed by atoms with Gasteiger partial charge in [0.1, 0.15) is 5.01 Å². The third kappa shape index (κ3) is 2.92. The molecule has 1 saturated carbocycles. The van der Waals surface area contributed by atoms with Gasteiger partial charge in [0.2, 0.25) is 10.0 Å². The van der Waals surface area contributed by atoms with Crippen LogP contribution in [0.5, 0.6) is 0 Å². The quantitative estimate of drug-likeness (QED) is 0.924. The molecule has 2 aromatic rings. The number of nitrogens with zero attached hydrogens (tertiary/aromatic N) is 1. The van der Waals surface area contributed by atoms with E-state index in [1.54, 1.807) is 11.3 Å². The first-order valence-corrected chi connectivity index (χ1v) is 8.98. The topological polar surface area (TPSA) is 59.1 Å². The summed E-state index contributed by atoms with van der Waals surface area (Å²) in [4.78, 5) is 4.52. The van der Waals surface area contributed by atoms with Crippen molar-refractivity contribution in [3.8, 4) is 10.6 Å². The summed E-state index contributed by atoms with van der Waals surface area (Å²) in [6, 6.07) is 8.06. The Morgan fingerprint density at radius 2 is 2.10 bits per heavy atom. The highest BCUT2D eigenvalue weighted by Crippen LogP contribution is 2.28. The molecule has 1 aliphatic rings. The lowest BCUT2D eigenvalue weighted by Gasteiger charge is -2.03. The van der Waals surface area contributed by atoms with Crippen molar-refractivity contribution in [2.45, 2.75) is 31.6 Å². The number of aryl methyl sites for hydroxylation is 1. The average molecular weight is 308 g/mol. The highest BCUT2D eigenvalue weighted by Gasteiger charge is 2.35. The number of hydrogen-bond donors (Lipinski definition) is 1. The SMILES string of the molecule is Cc1ccccc1-c1nc(CNS(=O)(=O)C2CC2)cs1. The van der Waals surface area contributed by atoms with E-state index >= 15 is 0 Å². The molecule has 0 aliphatic heterocycles. The van der Waals surface area contributed by atoms with E-state index < -0.39 is 10.0 Å². The van der Waals surface area contributed by atoms with Gasteiger partial charge in [0.15, 0.2) is 0 Å². The van der Waals surface area contributed by atoms with E-state index in [2.05, 4.69) is 9.71 Å². The van der Waals surface area contributed by atoms with Crippen LogP contribution in [0.4, 0.5) is 0 Å². The van der Waals surface area contributed by atoms with Gasteiger partial charge in [0.05, 0.1) is 17.5 Å². The van der Waals surface area contributed by atoms with Crippen LogP contribution in [0.2, 0.25) is 0 Å². The second-order valence-corrected chi connectivity index (χ2v) is 7.93. The summed E-state index contributed by atoms with van der Waals surface area (Å²) >= 11 is 1.55. The fourth-order valence-electron chi connectivity index (χ4n) is 2.00. The summed E-state index contributed by atoms with van der Waals surface area (Å²) in [5.74, 6) is 0. The maximum Gasteiger partial charge on any atom is 0.214 e. The van der Waals surface area contributed by atoms with Gasteiger partial charge in [0.25, 0.3) is 0 Å². The molecule has 0 saturated heterocycles. The molecule has 1 aromatic heterocycles. The number of aromatic nitrogens is 1. The van der Waals surface area contributed by atoms with Crippen LogP contribution in [0, 0.1) is 6.92 Å². The molecule has 0 amide bonds. The smallest absolute Gasteiger partial charge is 0.214 e. The van der Waals surface area contributed by atoms with E-state index in [4.69, 9.17) is 0 Å². The molecule has 0 spiro atoms. The summed E-state index contributed by atoms with van der Waals surface area (Å²) in [5, 5.41) is 2.66. The Hall–Kier alpha value is -1.24. The molecule has 1 aliphatic carbocycles. The largest absolute Gasteiger partial charge is 0.240 e. The second-order valence-electron chi connectivity index (χ2n) is 5.02. The molecule has 1 heterocycles. The van der Waals surface area contributed by atoms with Crippen molar-refractivity contribution < 1.29 is 8.42 Å². The first-order chi connectivity index (χ1) is 9.56. The van der Waals surface area contributed by atoms with Gasteiger partial charge in [-0.1, -0.05) is 24.3 Å². The number of benzene rings is 1. The molecule has 20 heavy (non-hydrogen) atoms. The molecule has 3 rings (SSSR count). The zero-order chi connectivity index (χ0) is 14.2. The average Bonchev–Trinajstić information content (AvgIpc) is 3.18. The van der Waals surface area contributed by atoms with Crippen molar-refractivity contribution in [3.05, 3.63) is 40.9 Å². The van der Waals surface area contributed by atoms with Gasteiger partial charge in [-0.3, -0.25) is 0 Å². The molecule has 4 nitrogen and oxygen atoms in total. The van der Waals surface area contributed by atoms with E-state index in [1.165, 1.54) is 5.56 Å². The molecule has 1 N–H and O–H groups in total. The lowest BCUT2D eigenvalue weighted by atomic mass is 10.1. The molecular weight excluding hydrogens is 292 g/mol. The first kappa shape index (κ1) is 13.7. The van der Waals surface area contributed by atoms with Crippen LogP contribution in [-0.2, 0) is 16.6 Å². The normalized spacial score (nSPS) is 15.4. The standard InChI is InChI=1S/C14H16N2O2S2/c1-10-4-2-3-5-13(10)14-16-11(9-19-14)8-15-20(17,18)12-6-7-12/h2-5,9,12,15H,6-8H2,1H3. The minimum absolute atomic E-state index is 0.183. The number of rotatable bonds is 5. The minimum atomic E-state index is -3.13. The van der Waals surface area contributed by atoms with E-state index in [0.717, 1.165) is 29.1 Å². The third-order valence-electron chi connectivity index (χ3n) is 3.34. The Balaban J connectivity index is 1.73. The van der Waals surface area contributed by atoms with E-state index in [1.807, 2.05) is 36.6 Å². The summed E-state index contributed by atoms with van der Waals surface area (Å²) in [6.07, 6.45) is 1.56. The molecule has 0 atom stereocenters. The van der Waals surface area contributed by atoms with Gasteiger partial charge < -0.3 is 0 Å². The predicted octanol–water partition coefficient (Wildman–Crippen LogP) is 2.70. The fraction of sp³-hybridized carbons (Fsp3) is 0.357. The lowest BCUT2D eigenvalue weighted by Crippen LogP contribution is -2.26. The predicted molar refractivity (Wildman–Crippen MR) is 81.1 cm³/mol. The lowest BCUT2D eigenvalue weighted by molar-refractivity contribution is 0.579. The number of sulfonamides is 1. The Bertz CT molecular complexity index is 718. The van der Waals surface area contributed by atoms with Crippen LogP contribution in [0.25, 0.3) is 10.6 Å². The fourth-order valence-corrected chi connectivity index (χ4v) is 4.25. The Morgan fingerprint density at radius 3 is 2.80 bits per heavy atom. The van der Waals surface area contributed by atoms with Crippen LogP contribution < -0.4 is 4.72 Å². The zero-order valence-electron chi connectivity index (χ0n) is 11.2. The monoisotopic (exact) mass is 308 g/mol. The van der Waals surface area contributed by atoms with E-state index in [0.29, 0.717) is 0 Å². The Kier molecular flexibility index (Phi) is 3.62. The van der Waals surface area contributed by atoms with Crippen molar-refractivity contribution in [3.63, 3.8) is 0 Å². The molecule has 1 fully saturated rings. The van der Waals surface area contributed by atoms with Gasteiger partial charge in [-0.25, -0.2) is 18.1 Å². The molecule has 6 heteroatoms. The summed E-state index contributed by atoms with van der Waals surface area (Å²) in [7, 11) is -3.13. The van der Waals surface area contributed by atoms with Crippen molar-refractivity contribution in [1.82, 2.24) is 9.71 Å². The number of hydrogen-bond acceptors (Lipinski definition) is 4. The van der Waals surface area contributed by atoms with Crippen molar-refractivity contribution >= 4 is 21.4 Å². The van der Waals surface area contributed by atoms with Crippen LogP contribution in [0.3, 0.4) is 0 Å². The van der Waals surface area contributed by atoms with Gasteiger partial charge >= 0.3 is 0 Å². The third-order valence-corrected chi connectivity index (χ3v) is 6.17. The minimum Gasteiger partial charge on any atom is -0.240 e. The van der Waals surface area contributed by atoms with Gasteiger partial charge in [-0.15, -0.1) is 11.3 Å². The van der Waals surface area contributed by atoms with Crippen molar-refractivity contribution in [1.29, 1.82) is 0 Å². The zero-order valence-corrected chi connectivity index (χ0v) is 12.8. The maximum atomic E-state index is 11.8. The summed E-state index contributed by atoms with van der Waals surface area (Å²) in [6.45, 7) is 2.33. The van der Waals surface area contributed by atoms with E-state index in [-0.39, 0.29) is 11.8 Å². The number of nitrogens with one attached hydrogen (secondary N) is 1. The molecule has 106 valence electrons. The van der Waals surface area contributed by atoms with E-state index in [9.17, 15) is 8.42 Å². The number of thiazole rings is 1. The van der Waals surface area contributed by atoms with Crippen molar-refractivity contribution in [2.75, 3.05) is 0 Å². The molecule has 0 radical (unpaired) electrons. The van der Waals surface area contributed by atoms with Gasteiger partial charge in [0, 0.05) is 10.9 Å². The van der Waals surface area contributed by atoms with Crippen molar-refractivity contribution in [2.24, 2.45) is 0 Å². The molecule has 1 aromatic carbocycles. The van der Waals surface area contributed by atoms with Crippen LogP contribution >= 0.6 is 11.3 Å². The Morgan fingerprint density at radius 1 is 1.35 bits per heavy atom. The van der Waals surface area contributed by atoms with Gasteiger partial charge in [-0.05, 0) is 25.3 Å². The molecule has 0 unspecified atom stereocenters. The highest BCUT2D eigenvalue weighted by atomic mass is 32.2. The van der Waals surface area contributed by atoms with Crippen LogP contribution in [-0.4, -0.2) is 18.7 Å². The molecule has 0 bridgehead atoms. The summed E-state index contributed by atoms with van der Waals surface area (Å²) in [5.41, 5.74) is 3.05. The maximum absolute atomic E-state index is 11.8.